The predicted molar refractivity (Wildman–Crippen MR) is 61.9 cm³/mol. The van der Waals surface area contributed by atoms with Crippen LogP contribution in [0, 0.1) is 21.4 Å². The minimum absolute atomic E-state index is 0.0798. The normalized spacial score (nSPS) is 10.0. The van der Waals surface area contributed by atoms with Crippen LogP contribution >= 0.6 is 0 Å². The molecule has 90 valence electrons. The minimum atomic E-state index is -0.514. The van der Waals surface area contributed by atoms with Crippen LogP contribution in [-0.2, 0) is 0 Å². The van der Waals surface area contributed by atoms with Crippen molar-refractivity contribution in [3.05, 3.63) is 33.9 Å². The van der Waals surface area contributed by atoms with Gasteiger partial charge in [-0.3, -0.25) is 10.1 Å². The molecule has 1 aromatic rings. The van der Waals surface area contributed by atoms with Crippen molar-refractivity contribution in [3.63, 3.8) is 0 Å². The average Bonchev–Trinajstić information content (AvgIpc) is 2.28. The highest BCUT2D eigenvalue weighted by Crippen LogP contribution is 2.24. The van der Waals surface area contributed by atoms with E-state index in [1.807, 2.05) is 25.1 Å². The Morgan fingerprint density at radius 1 is 1.53 bits per heavy atom. The van der Waals surface area contributed by atoms with E-state index < -0.39 is 4.92 Å². The van der Waals surface area contributed by atoms with E-state index >= 15 is 0 Å². The second-order valence-electron chi connectivity index (χ2n) is 3.70. The summed E-state index contributed by atoms with van der Waals surface area (Å²) in [5.41, 5.74) is 0.221. The molecule has 0 aliphatic carbocycles. The standard InChI is InChI=1S/C11H13N3O3/c1-13(2)5-6-17-11-7-10(14(15)16)4-3-9(11)8-12/h3-4,7H,5-6H2,1-2H3. The molecule has 6 nitrogen and oxygen atoms in total. The molecule has 0 radical (unpaired) electrons. The van der Waals surface area contributed by atoms with E-state index in [2.05, 4.69) is 0 Å². The molecule has 0 aromatic heterocycles. The summed E-state index contributed by atoms with van der Waals surface area (Å²) in [5.74, 6) is 0.253. The van der Waals surface area contributed by atoms with Crippen molar-refractivity contribution in [2.24, 2.45) is 0 Å². The lowest BCUT2D eigenvalue weighted by Crippen LogP contribution is -2.19. The summed E-state index contributed by atoms with van der Waals surface area (Å²) in [7, 11) is 3.78. The van der Waals surface area contributed by atoms with Gasteiger partial charge in [0.1, 0.15) is 18.4 Å². The Kier molecular flexibility index (Phi) is 4.43. The van der Waals surface area contributed by atoms with Crippen LogP contribution in [0.2, 0.25) is 0 Å². The predicted octanol–water partition coefficient (Wildman–Crippen LogP) is 1.41. The van der Waals surface area contributed by atoms with Gasteiger partial charge in [-0.15, -0.1) is 0 Å². The Morgan fingerprint density at radius 3 is 2.76 bits per heavy atom. The number of ether oxygens (including phenoxy) is 1. The SMILES string of the molecule is CN(C)CCOc1cc([N+](=O)[O-])ccc1C#N. The van der Waals surface area contributed by atoms with Crippen molar-refractivity contribution in [2.75, 3.05) is 27.2 Å². The van der Waals surface area contributed by atoms with Gasteiger partial charge in [0.25, 0.3) is 5.69 Å². The van der Waals surface area contributed by atoms with Crippen LogP contribution < -0.4 is 4.74 Å². The van der Waals surface area contributed by atoms with Crippen LogP contribution in [-0.4, -0.2) is 37.1 Å². The molecule has 0 saturated carbocycles. The monoisotopic (exact) mass is 235 g/mol. The summed E-state index contributed by atoms with van der Waals surface area (Å²) < 4.78 is 5.36. The van der Waals surface area contributed by atoms with Gasteiger partial charge in [0.15, 0.2) is 0 Å². The highest BCUT2D eigenvalue weighted by Gasteiger charge is 2.11. The lowest BCUT2D eigenvalue weighted by Gasteiger charge is -2.11. The molecule has 0 fully saturated rings. The van der Waals surface area contributed by atoms with E-state index in [0.29, 0.717) is 18.7 Å². The van der Waals surface area contributed by atoms with E-state index in [1.54, 1.807) is 0 Å². The molecular formula is C11H13N3O3. The maximum absolute atomic E-state index is 10.6. The summed E-state index contributed by atoms with van der Waals surface area (Å²) in [6.45, 7) is 1.05. The number of nitriles is 1. The minimum Gasteiger partial charge on any atom is -0.491 e. The van der Waals surface area contributed by atoms with E-state index in [4.69, 9.17) is 10.00 Å². The first-order valence-electron chi connectivity index (χ1n) is 5.00. The van der Waals surface area contributed by atoms with Gasteiger partial charge in [-0.25, -0.2) is 0 Å². The Bertz CT molecular complexity index is 452. The van der Waals surface area contributed by atoms with Gasteiger partial charge >= 0.3 is 0 Å². The Morgan fingerprint density at radius 2 is 2.24 bits per heavy atom. The van der Waals surface area contributed by atoms with Gasteiger partial charge in [0, 0.05) is 12.6 Å². The van der Waals surface area contributed by atoms with Crippen LogP contribution in [0.15, 0.2) is 18.2 Å². The molecule has 17 heavy (non-hydrogen) atoms. The number of hydrogen-bond acceptors (Lipinski definition) is 5. The number of non-ortho nitro benzene ring substituents is 1. The topological polar surface area (TPSA) is 79.4 Å². The zero-order chi connectivity index (χ0) is 12.8. The number of benzene rings is 1. The summed E-state index contributed by atoms with van der Waals surface area (Å²) in [6, 6.07) is 5.89. The Balaban J connectivity index is 2.84. The number of nitro benzene ring substituents is 1. The molecule has 0 heterocycles. The maximum Gasteiger partial charge on any atom is 0.273 e. The van der Waals surface area contributed by atoms with Crippen LogP contribution in [0.25, 0.3) is 0 Å². The zero-order valence-electron chi connectivity index (χ0n) is 9.71. The molecule has 0 spiro atoms. The molecule has 0 aliphatic heterocycles. The summed E-state index contributed by atoms with van der Waals surface area (Å²) in [4.78, 5) is 12.0. The molecule has 0 N–H and O–H groups in total. The molecule has 6 heteroatoms. The van der Waals surface area contributed by atoms with Crippen molar-refractivity contribution in [3.8, 4) is 11.8 Å². The molecule has 0 aliphatic rings. The lowest BCUT2D eigenvalue weighted by molar-refractivity contribution is -0.384. The number of rotatable bonds is 5. The van der Waals surface area contributed by atoms with Crippen molar-refractivity contribution >= 4 is 5.69 Å². The Hall–Kier alpha value is -2.13. The van der Waals surface area contributed by atoms with Crippen LogP contribution in [0.3, 0.4) is 0 Å². The summed E-state index contributed by atoms with van der Waals surface area (Å²) in [5, 5.41) is 19.4. The molecular weight excluding hydrogens is 222 g/mol. The zero-order valence-corrected chi connectivity index (χ0v) is 9.71. The first-order valence-corrected chi connectivity index (χ1v) is 5.00. The number of nitro groups is 1. The molecule has 0 amide bonds. The van der Waals surface area contributed by atoms with Gasteiger partial charge in [-0.2, -0.15) is 5.26 Å². The van der Waals surface area contributed by atoms with Crippen molar-refractivity contribution in [2.45, 2.75) is 0 Å². The maximum atomic E-state index is 10.6. The first kappa shape index (κ1) is 12.9. The van der Waals surface area contributed by atoms with Crippen molar-refractivity contribution in [1.29, 1.82) is 5.26 Å². The fraction of sp³-hybridized carbons (Fsp3) is 0.364. The van der Waals surface area contributed by atoms with Gasteiger partial charge in [-0.1, -0.05) is 0 Å². The molecule has 0 saturated heterocycles. The first-order chi connectivity index (χ1) is 8.04. The quantitative estimate of drug-likeness (QED) is 0.569. The highest BCUT2D eigenvalue weighted by molar-refractivity contribution is 5.49. The van der Waals surface area contributed by atoms with Crippen molar-refractivity contribution < 1.29 is 9.66 Å². The van der Waals surface area contributed by atoms with Gasteiger partial charge < -0.3 is 9.64 Å². The summed E-state index contributed by atoms with van der Waals surface area (Å²) >= 11 is 0. The lowest BCUT2D eigenvalue weighted by atomic mass is 10.2. The fourth-order valence-electron chi connectivity index (χ4n) is 1.17. The van der Waals surface area contributed by atoms with Gasteiger partial charge in [0.05, 0.1) is 16.6 Å². The highest BCUT2D eigenvalue weighted by atomic mass is 16.6. The third kappa shape index (κ3) is 3.74. The van der Waals surface area contributed by atoms with Gasteiger partial charge in [-0.05, 0) is 20.2 Å². The summed E-state index contributed by atoms with van der Waals surface area (Å²) in [6.07, 6.45) is 0. The fourth-order valence-corrected chi connectivity index (χ4v) is 1.17. The second-order valence-corrected chi connectivity index (χ2v) is 3.70. The number of nitrogens with zero attached hydrogens (tertiary/aromatic N) is 3. The van der Waals surface area contributed by atoms with E-state index in [-0.39, 0.29) is 11.4 Å². The van der Waals surface area contributed by atoms with Crippen LogP contribution in [0.4, 0.5) is 5.69 Å². The van der Waals surface area contributed by atoms with Crippen LogP contribution in [0.5, 0.6) is 5.75 Å². The third-order valence-electron chi connectivity index (χ3n) is 2.09. The molecule has 0 atom stereocenters. The average molecular weight is 235 g/mol. The van der Waals surface area contributed by atoms with Crippen molar-refractivity contribution in [1.82, 2.24) is 4.90 Å². The Labute approximate surface area is 99.2 Å². The third-order valence-corrected chi connectivity index (χ3v) is 2.09. The molecule has 0 unspecified atom stereocenters. The smallest absolute Gasteiger partial charge is 0.273 e. The largest absolute Gasteiger partial charge is 0.491 e. The van der Waals surface area contributed by atoms with Gasteiger partial charge in [0.2, 0.25) is 0 Å². The van der Waals surface area contributed by atoms with E-state index in [0.717, 1.165) is 0 Å². The molecule has 1 rings (SSSR count). The van der Waals surface area contributed by atoms with Crippen LogP contribution in [0.1, 0.15) is 5.56 Å². The second kappa shape index (κ2) is 5.82. The molecule has 1 aromatic carbocycles. The number of likely N-dealkylation sites (N-methyl/N-ethyl adjacent to an activating group) is 1. The van der Waals surface area contributed by atoms with E-state index in [1.165, 1.54) is 18.2 Å². The van der Waals surface area contributed by atoms with E-state index in [9.17, 15) is 10.1 Å². The number of hydrogen-bond donors (Lipinski definition) is 0. The molecule has 0 bridgehead atoms.